The predicted molar refractivity (Wildman–Crippen MR) is 120 cm³/mol. The van der Waals surface area contributed by atoms with E-state index in [2.05, 4.69) is 10.2 Å². The Balaban J connectivity index is 1.34. The molecule has 0 bridgehead atoms. The Morgan fingerprint density at radius 2 is 1.93 bits per heavy atom. The Kier molecular flexibility index (Phi) is 5.97. The van der Waals surface area contributed by atoms with Crippen molar-refractivity contribution in [1.29, 1.82) is 0 Å². The fraction of sp³-hybridized carbons (Fsp3) is 0.333. The van der Waals surface area contributed by atoms with Crippen LogP contribution in [0.2, 0.25) is 10.0 Å². The van der Waals surface area contributed by atoms with Crippen molar-refractivity contribution in [1.82, 2.24) is 9.47 Å². The number of aromatic nitrogens is 1. The zero-order chi connectivity index (χ0) is 20.5. The van der Waals surface area contributed by atoms with Crippen LogP contribution >= 0.6 is 34.5 Å². The monoisotopic (exact) mass is 449 g/mol. The summed E-state index contributed by atoms with van der Waals surface area (Å²) in [6, 6.07) is 11.2. The molecule has 0 radical (unpaired) electrons. The molecule has 1 saturated heterocycles. The Morgan fingerprint density at radius 3 is 2.66 bits per heavy atom. The van der Waals surface area contributed by atoms with Gasteiger partial charge in [0.1, 0.15) is 0 Å². The first kappa shape index (κ1) is 20.4. The van der Waals surface area contributed by atoms with Crippen LogP contribution in [0.25, 0.3) is 10.2 Å². The highest BCUT2D eigenvalue weighted by Crippen LogP contribution is 2.26. The summed E-state index contributed by atoms with van der Waals surface area (Å²) in [5.41, 5.74) is 2.67. The number of hydrogen-bond donors (Lipinski definition) is 1. The lowest BCUT2D eigenvalue weighted by molar-refractivity contribution is -0.121. The van der Waals surface area contributed by atoms with Crippen LogP contribution in [-0.2, 0) is 18.4 Å². The van der Waals surface area contributed by atoms with Gasteiger partial charge in [0.15, 0.2) is 0 Å². The number of anilines is 1. The maximum absolute atomic E-state index is 12.7. The largest absolute Gasteiger partial charge is 0.326 e. The highest BCUT2D eigenvalue weighted by atomic mass is 35.5. The Labute approximate surface area is 182 Å². The third-order valence-corrected chi connectivity index (χ3v) is 7.01. The van der Waals surface area contributed by atoms with Crippen molar-refractivity contribution in [3.8, 4) is 0 Å². The van der Waals surface area contributed by atoms with Crippen molar-refractivity contribution >= 4 is 56.3 Å². The molecule has 1 aliphatic rings. The van der Waals surface area contributed by atoms with Gasteiger partial charge in [-0.1, -0.05) is 40.6 Å². The Morgan fingerprint density at radius 1 is 1.17 bits per heavy atom. The molecule has 8 heteroatoms. The Bertz CT molecular complexity index is 1120. The molecular weight excluding hydrogens is 429 g/mol. The molecule has 2 heterocycles. The average Bonchev–Trinajstić information content (AvgIpc) is 2.98. The summed E-state index contributed by atoms with van der Waals surface area (Å²) in [7, 11) is 1.75. The van der Waals surface area contributed by atoms with E-state index in [1.807, 2.05) is 30.3 Å². The number of thiazole rings is 1. The molecule has 29 heavy (non-hydrogen) atoms. The standard InChI is InChI=1S/C21H21Cl2N3O2S/c1-25-18-5-4-16(11-19(18)29-21(25)28)24-20(27)13-6-8-26(9-7-13)12-14-2-3-15(22)10-17(14)23/h2-5,10-11,13H,6-9,12H2,1H3,(H,24,27). The van der Waals surface area contributed by atoms with Gasteiger partial charge in [-0.15, -0.1) is 0 Å². The molecule has 4 rings (SSSR count). The fourth-order valence-electron chi connectivity index (χ4n) is 3.70. The van der Waals surface area contributed by atoms with E-state index in [1.54, 1.807) is 17.7 Å². The van der Waals surface area contributed by atoms with E-state index < -0.39 is 0 Å². The minimum atomic E-state index is -0.0165. The van der Waals surface area contributed by atoms with E-state index in [-0.39, 0.29) is 16.7 Å². The molecule has 1 fully saturated rings. The van der Waals surface area contributed by atoms with Gasteiger partial charge >= 0.3 is 4.87 Å². The zero-order valence-electron chi connectivity index (χ0n) is 16.0. The molecule has 0 atom stereocenters. The lowest BCUT2D eigenvalue weighted by Gasteiger charge is -2.31. The molecule has 3 aromatic rings. The third-order valence-electron chi connectivity index (χ3n) is 5.43. The molecule has 1 aromatic heterocycles. The number of halogens is 2. The number of carbonyl (C=O) groups is 1. The minimum absolute atomic E-state index is 0.00311. The van der Waals surface area contributed by atoms with E-state index in [0.717, 1.165) is 53.9 Å². The number of likely N-dealkylation sites (tertiary alicyclic amines) is 1. The first-order valence-electron chi connectivity index (χ1n) is 9.47. The van der Waals surface area contributed by atoms with Gasteiger partial charge in [0, 0.05) is 35.2 Å². The number of carbonyl (C=O) groups excluding carboxylic acids is 1. The maximum atomic E-state index is 12.7. The summed E-state index contributed by atoms with van der Waals surface area (Å²) in [4.78, 5) is 26.8. The summed E-state index contributed by atoms with van der Waals surface area (Å²) < 4.78 is 2.50. The molecule has 1 N–H and O–H groups in total. The van der Waals surface area contributed by atoms with Crippen LogP contribution in [0.3, 0.4) is 0 Å². The highest BCUT2D eigenvalue weighted by Gasteiger charge is 2.25. The number of nitrogens with zero attached hydrogens (tertiary/aromatic N) is 2. The Hall–Kier alpha value is -1.86. The van der Waals surface area contributed by atoms with E-state index in [9.17, 15) is 9.59 Å². The van der Waals surface area contributed by atoms with Gasteiger partial charge in [-0.25, -0.2) is 0 Å². The van der Waals surface area contributed by atoms with Crippen molar-refractivity contribution in [2.45, 2.75) is 19.4 Å². The second-order valence-corrected chi connectivity index (χ2v) is 9.22. The van der Waals surface area contributed by atoms with E-state index in [4.69, 9.17) is 23.2 Å². The number of piperidine rings is 1. The summed E-state index contributed by atoms with van der Waals surface area (Å²) >= 11 is 13.4. The molecular formula is C21H21Cl2N3O2S. The topological polar surface area (TPSA) is 54.3 Å². The maximum Gasteiger partial charge on any atom is 0.307 e. The highest BCUT2D eigenvalue weighted by molar-refractivity contribution is 7.16. The summed E-state index contributed by atoms with van der Waals surface area (Å²) in [5.74, 6) is 0.0222. The first-order valence-corrected chi connectivity index (χ1v) is 11.0. The van der Waals surface area contributed by atoms with Crippen molar-refractivity contribution in [3.63, 3.8) is 0 Å². The number of amides is 1. The van der Waals surface area contributed by atoms with Crippen LogP contribution < -0.4 is 10.2 Å². The van der Waals surface area contributed by atoms with E-state index in [0.29, 0.717) is 10.0 Å². The molecule has 1 aliphatic heterocycles. The summed E-state index contributed by atoms with van der Waals surface area (Å²) in [5, 5.41) is 4.33. The molecule has 0 unspecified atom stereocenters. The molecule has 0 spiro atoms. The second kappa shape index (κ2) is 8.48. The van der Waals surface area contributed by atoms with Crippen LogP contribution in [0.4, 0.5) is 5.69 Å². The lowest BCUT2D eigenvalue weighted by Crippen LogP contribution is -2.37. The molecule has 5 nitrogen and oxygen atoms in total. The van der Waals surface area contributed by atoms with Gasteiger partial charge in [-0.3, -0.25) is 14.5 Å². The predicted octanol–water partition coefficient (Wildman–Crippen LogP) is 4.76. The van der Waals surface area contributed by atoms with Crippen LogP contribution in [0.15, 0.2) is 41.2 Å². The number of fused-ring (bicyclic) bond motifs is 1. The van der Waals surface area contributed by atoms with Gasteiger partial charge in [0.2, 0.25) is 5.91 Å². The third kappa shape index (κ3) is 4.51. The normalized spacial score (nSPS) is 15.7. The number of aryl methyl sites for hydroxylation is 1. The smallest absolute Gasteiger partial charge is 0.307 e. The summed E-state index contributed by atoms with van der Waals surface area (Å²) in [6.07, 6.45) is 1.61. The van der Waals surface area contributed by atoms with E-state index in [1.165, 1.54) is 11.3 Å². The van der Waals surface area contributed by atoms with Crippen molar-refractivity contribution in [2.24, 2.45) is 13.0 Å². The van der Waals surface area contributed by atoms with Crippen molar-refractivity contribution < 1.29 is 4.79 Å². The van der Waals surface area contributed by atoms with Crippen LogP contribution in [0.1, 0.15) is 18.4 Å². The van der Waals surface area contributed by atoms with Crippen LogP contribution in [0.5, 0.6) is 0 Å². The number of hydrogen-bond acceptors (Lipinski definition) is 4. The zero-order valence-corrected chi connectivity index (χ0v) is 18.3. The van der Waals surface area contributed by atoms with Crippen LogP contribution in [-0.4, -0.2) is 28.5 Å². The van der Waals surface area contributed by atoms with Crippen molar-refractivity contribution in [2.75, 3.05) is 18.4 Å². The van der Waals surface area contributed by atoms with Gasteiger partial charge < -0.3 is 9.88 Å². The lowest BCUT2D eigenvalue weighted by atomic mass is 9.95. The van der Waals surface area contributed by atoms with Gasteiger partial charge in [0.05, 0.1) is 10.2 Å². The quantitative estimate of drug-likeness (QED) is 0.624. The second-order valence-electron chi connectivity index (χ2n) is 7.38. The SMILES string of the molecule is Cn1c(=O)sc2cc(NC(=O)C3CCN(Cc4ccc(Cl)cc4Cl)CC3)ccc21. The number of benzene rings is 2. The van der Waals surface area contributed by atoms with Gasteiger partial charge in [0.25, 0.3) is 0 Å². The van der Waals surface area contributed by atoms with Crippen molar-refractivity contribution in [3.05, 3.63) is 61.7 Å². The minimum Gasteiger partial charge on any atom is -0.326 e. The summed E-state index contributed by atoms with van der Waals surface area (Å²) in [6.45, 7) is 2.45. The van der Waals surface area contributed by atoms with Gasteiger partial charge in [-0.05, 0) is 61.8 Å². The molecule has 0 aliphatic carbocycles. The molecule has 2 aromatic carbocycles. The fourth-order valence-corrected chi connectivity index (χ4v) is 5.09. The average molecular weight is 450 g/mol. The van der Waals surface area contributed by atoms with Crippen LogP contribution in [0, 0.1) is 5.92 Å². The molecule has 152 valence electrons. The van der Waals surface area contributed by atoms with Gasteiger partial charge in [-0.2, -0.15) is 0 Å². The molecule has 0 saturated carbocycles. The van der Waals surface area contributed by atoms with E-state index >= 15 is 0 Å². The number of nitrogens with one attached hydrogen (secondary N) is 1. The number of rotatable bonds is 4. The molecule has 1 amide bonds. The first-order chi connectivity index (χ1) is 13.9.